The zero-order valence-corrected chi connectivity index (χ0v) is 12.6. The minimum absolute atomic E-state index is 0.113. The van der Waals surface area contributed by atoms with Crippen LogP contribution in [-0.2, 0) is 9.53 Å². The van der Waals surface area contributed by atoms with Crippen LogP contribution >= 0.6 is 11.6 Å². The van der Waals surface area contributed by atoms with E-state index >= 15 is 0 Å². The molecule has 0 aromatic rings. The van der Waals surface area contributed by atoms with Gasteiger partial charge >= 0.3 is 0 Å². The van der Waals surface area contributed by atoms with Gasteiger partial charge in [0.2, 0.25) is 5.91 Å². The molecule has 1 amide bonds. The Hall–Kier alpha value is -0.280. The minimum atomic E-state index is 0.113. The molecule has 2 atom stereocenters. The van der Waals surface area contributed by atoms with Gasteiger partial charge in [-0.2, -0.15) is 0 Å². The fraction of sp³-hybridized carbons (Fsp3) is 0.929. The van der Waals surface area contributed by atoms with Crippen molar-refractivity contribution in [3.05, 3.63) is 0 Å². The molecule has 4 heteroatoms. The van der Waals surface area contributed by atoms with Gasteiger partial charge in [-0.25, -0.2) is 0 Å². The first-order valence-electron chi connectivity index (χ1n) is 7.09. The van der Waals surface area contributed by atoms with E-state index in [-0.39, 0.29) is 11.8 Å². The van der Waals surface area contributed by atoms with Crippen molar-refractivity contribution in [1.29, 1.82) is 0 Å². The molecule has 0 saturated carbocycles. The average Bonchev–Trinajstić information content (AvgIpc) is 2.39. The topological polar surface area (TPSA) is 29.5 Å². The van der Waals surface area contributed by atoms with Gasteiger partial charge in [0.25, 0.3) is 0 Å². The number of carbonyl (C=O) groups excluding carboxylic acids is 1. The van der Waals surface area contributed by atoms with Crippen LogP contribution in [0, 0.1) is 11.8 Å². The van der Waals surface area contributed by atoms with Gasteiger partial charge in [0.05, 0.1) is 0 Å². The Morgan fingerprint density at radius 3 is 2.61 bits per heavy atom. The maximum absolute atomic E-state index is 12.7. The second-order valence-electron chi connectivity index (χ2n) is 5.14. The molecule has 0 spiro atoms. The van der Waals surface area contributed by atoms with Gasteiger partial charge in [0.15, 0.2) is 0 Å². The number of rotatable bonds is 6. The first-order valence-corrected chi connectivity index (χ1v) is 7.63. The second-order valence-corrected chi connectivity index (χ2v) is 5.52. The molecule has 2 unspecified atom stereocenters. The number of halogens is 1. The largest absolute Gasteiger partial charge is 0.381 e. The van der Waals surface area contributed by atoms with E-state index in [4.69, 9.17) is 16.3 Å². The minimum Gasteiger partial charge on any atom is -0.381 e. The molecule has 3 nitrogen and oxygen atoms in total. The van der Waals surface area contributed by atoms with Crippen molar-refractivity contribution in [3.8, 4) is 0 Å². The Morgan fingerprint density at radius 1 is 1.44 bits per heavy atom. The molecule has 1 aliphatic rings. The van der Waals surface area contributed by atoms with Gasteiger partial charge in [0.1, 0.15) is 0 Å². The highest BCUT2D eigenvalue weighted by atomic mass is 35.5. The van der Waals surface area contributed by atoms with Gasteiger partial charge in [-0.05, 0) is 25.2 Å². The van der Waals surface area contributed by atoms with Crippen LogP contribution in [0.25, 0.3) is 0 Å². The molecule has 1 fully saturated rings. The summed E-state index contributed by atoms with van der Waals surface area (Å²) >= 11 is 5.86. The predicted molar refractivity (Wildman–Crippen MR) is 74.9 cm³/mol. The number of hydrogen-bond acceptors (Lipinski definition) is 2. The molecular weight excluding hydrogens is 250 g/mol. The summed E-state index contributed by atoms with van der Waals surface area (Å²) in [7, 11) is 0. The Kier molecular flexibility index (Phi) is 7.02. The summed E-state index contributed by atoms with van der Waals surface area (Å²) in [6.45, 7) is 8.45. The highest BCUT2D eigenvalue weighted by Crippen LogP contribution is 2.25. The van der Waals surface area contributed by atoms with E-state index in [1.807, 2.05) is 4.90 Å². The standard InChI is InChI=1S/C14H26ClNO2/c1-4-12(5-2)16(8-7-15)14(17)13-6-9-18-10-11(13)3/h11-13H,4-10H2,1-3H3. The molecule has 1 rings (SSSR count). The van der Waals surface area contributed by atoms with Crippen molar-refractivity contribution in [3.63, 3.8) is 0 Å². The fourth-order valence-electron chi connectivity index (χ4n) is 2.75. The maximum Gasteiger partial charge on any atom is 0.226 e. The lowest BCUT2D eigenvalue weighted by molar-refractivity contribution is -0.143. The number of nitrogens with zero attached hydrogens (tertiary/aromatic N) is 1. The van der Waals surface area contributed by atoms with E-state index in [1.54, 1.807) is 0 Å². The summed E-state index contributed by atoms with van der Waals surface area (Å²) in [6, 6.07) is 0.325. The third-order valence-electron chi connectivity index (χ3n) is 3.95. The Labute approximate surface area is 116 Å². The summed E-state index contributed by atoms with van der Waals surface area (Å²) < 4.78 is 5.42. The monoisotopic (exact) mass is 275 g/mol. The van der Waals surface area contributed by atoms with Gasteiger partial charge < -0.3 is 9.64 Å². The van der Waals surface area contributed by atoms with E-state index in [0.717, 1.165) is 19.3 Å². The number of amides is 1. The summed E-state index contributed by atoms with van der Waals surface area (Å²) in [5.74, 6) is 1.22. The van der Waals surface area contributed by atoms with Crippen LogP contribution in [0.4, 0.5) is 0 Å². The first-order chi connectivity index (χ1) is 8.65. The lowest BCUT2D eigenvalue weighted by Crippen LogP contribution is -2.47. The summed E-state index contributed by atoms with van der Waals surface area (Å²) in [6.07, 6.45) is 2.84. The second kappa shape index (κ2) is 8.00. The van der Waals surface area contributed by atoms with Crippen molar-refractivity contribution < 1.29 is 9.53 Å². The first kappa shape index (κ1) is 15.8. The normalized spacial score (nSPS) is 24.3. The number of ether oxygens (including phenoxy) is 1. The Balaban J connectivity index is 2.74. The Morgan fingerprint density at radius 2 is 2.11 bits per heavy atom. The average molecular weight is 276 g/mol. The van der Waals surface area contributed by atoms with Crippen molar-refractivity contribution in [2.24, 2.45) is 11.8 Å². The molecule has 0 bridgehead atoms. The van der Waals surface area contributed by atoms with Crippen LogP contribution in [-0.4, -0.2) is 42.5 Å². The van der Waals surface area contributed by atoms with Crippen molar-refractivity contribution >= 4 is 17.5 Å². The third kappa shape index (κ3) is 3.86. The van der Waals surface area contributed by atoms with Crippen LogP contribution in [0.15, 0.2) is 0 Å². The SMILES string of the molecule is CCC(CC)N(CCCl)C(=O)C1CCOCC1C. The summed E-state index contributed by atoms with van der Waals surface area (Å²) in [5, 5.41) is 0. The van der Waals surface area contributed by atoms with E-state index in [9.17, 15) is 4.79 Å². The molecule has 106 valence electrons. The highest BCUT2D eigenvalue weighted by molar-refractivity contribution is 6.18. The van der Waals surface area contributed by atoms with E-state index in [1.165, 1.54) is 0 Å². The van der Waals surface area contributed by atoms with Crippen molar-refractivity contribution in [1.82, 2.24) is 4.90 Å². The van der Waals surface area contributed by atoms with E-state index in [2.05, 4.69) is 20.8 Å². The molecule has 0 N–H and O–H groups in total. The van der Waals surface area contributed by atoms with E-state index in [0.29, 0.717) is 37.6 Å². The number of alkyl halides is 1. The lowest BCUT2D eigenvalue weighted by Gasteiger charge is -2.36. The molecule has 18 heavy (non-hydrogen) atoms. The molecule has 1 heterocycles. The fourth-order valence-corrected chi connectivity index (χ4v) is 2.94. The van der Waals surface area contributed by atoms with Gasteiger partial charge in [0, 0.05) is 37.6 Å². The maximum atomic E-state index is 12.7. The van der Waals surface area contributed by atoms with Crippen LogP contribution in [0.2, 0.25) is 0 Å². The molecular formula is C14H26ClNO2. The zero-order valence-electron chi connectivity index (χ0n) is 11.8. The lowest BCUT2D eigenvalue weighted by atomic mass is 9.88. The van der Waals surface area contributed by atoms with Gasteiger partial charge in [-0.3, -0.25) is 4.79 Å². The van der Waals surface area contributed by atoms with Crippen LogP contribution in [0.5, 0.6) is 0 Å². The third-order valence-corrected chi connectivity index (χ3v) is 4.12. The molecule has 0 aromatic carbocycles. The molecule has 1 aliphatic heterocycles. The van der Waals surface area contributed by atoms with Crippen molar-refractivity contribution in [2.75, 3.05) is 25.6 Å². The molecule has 0 aliphatic carbocycles. The van der Waals surface area contributed by atoms with Gasteiger partial charge in [-0.1, -0.05) is 20.8 Å². The summed E-state index contributed by atoms with van der Waals surface area (Å²) in [5.41, 5.74) is 0. The van der Waals surface area contributed by atoms with Crippen LogP contribution in [0.1, 0.15) is 40.0 Å². The molecule has 0 radical (unpaired) electrons. The highest BCUT2D eigenvalue weighted by Gasteiger charge is 2.33. The summed E-state index contributed by atoms with van der Waals surface area (Å²) in [4.78, 5) is 14.7. The molecule has 0 aromatic heterocycles. The smallest absolute Gasteiger partial charge is 0.226 e. The van der Waals surface area contributed by atoms with Gasteiger partial charge in [-0.15, -0.1) is 11.6 Å². The van der Waals surface area contributed by atoms with Crippen molar-refractivity contribution in [2.45, 2.75) is 46.1 Å². The van der Waals surface area contributed by atoms with Crippen LogP contribution < -0.4 is 0 Å². The number of carbonyl (C=O) groups is 1. The van der Waals surface area contributed by atoms with Crippen LogP contribution in [0.3, 0.4) is 0 Å². The molecule has 1 saturated heterocycles. The zero-order chi connectivity index (χ0) is 13.5. The van der Waals surface area contributed by atoms with E-state index < -0.39 is 0 Å². The predicted octanol–water partition coefficient (Wildman–Crippen LogP) is 2.92. The number of hydrogen-bond donors (Lipinski definition) is 0. The Bertz CT molecular complexity index is 256. The quantitative estimate of drug-likeness (QED) is 0.698.